The normalized spacial score (nSPS) is 14.3. The van der Waals surface area contributed by atoms with Crippen LogP contribution in [-0.4, -0.2) is 63.9 Å². The van der Waals surface area contributed by atoms with Crippen LogP contribution in [0.1, 0.15) is 16.8 Å². The second kappa shape index (κ2) is 9.75. The molecule has 32 heavy (non-hydrogen) atoms. The van der Waals surface area contributed by atoms with Gasteiger partial charge in [-0.25, -0.2) is 4.39 Å². The molecular weight excluding hydrogens is 415 g/mol. The first kappa shape index (κ1) is 21.7. The minimum absolute atomic E-state index is 0.0200. The van der Waals surface area contributed by atoms with Crippen molar-refractivity contribution in [2.75, 3.05) is 43.5 Å². The van der Waals surface area contributed by atoms with E-state index in [1.807, 2.05) is 24.5 Å². The summed E-state index contributed by atoms with van der Waals surface area (Å²) in [6.07, 6.45) is 5.35. The molecule has 1 aliphatic heterocycles. The zero-order valence-electron chi connectivity index (χ0n) is 17.8. The van der Waals surface area contributed by atoms with E-state index in [-0.39, 0.29) is 18.0 Å². The van der Waals surface area contributed by atoms with Crippen LogP contribution in [0.4, 0.5) is 15.8 Å². The van der Waals surface area contributed by atoms with E-state index in [0.29, 0.717) is 36.8 Å². The molecule has 0 saturated carbocycles. The van der Waals surface area contributed by atoms with Crippen LogP contribution in [0.5, 0.6) is 0 Å². The predicted molar refractivity (Wildman–Crippen MR) is 117 cm³/mol. The van der Waals surface area contributed by atoms with Crippen molar-refractivity contribution in [2.45, 2.75) is 6.42 Å². The van der Waals surface area contributed by atoms with E-state index in [1.54, 1.807) is 16.3 Å². The number of rotatable bonds is 7. The molecule has 9 nitrogen and oxygen atoms in total. The van der Waals surface area contributed by atoms with Crippen molar-refractivity contribution in [1.29, 1.82) is 0 Å². The quantitative estimate of drug-likeness (QED) is 0.588. The van der Waals surface area contributed by atoms with Crippen molar-refractivity contribution in [3.8, 4) is 5.82 Å². The van der Waals surface area contributed by atoms with E-state index in [0.717, 1.165) is 13.1 Å². The molecule has 0 spiro atoms. The van der Waals surface area contributed by atoms with Gasteiger partial charge in [-0.3, -0.25) is 19.2 Å². The van der Waals surface area contributed by atoms with Gasteiger partial charge in [-0.05, 0) is 30.3 Å². The molecule has 1 fully saturated rings. The van der Waals surface area contributed by atoms with Gasteiger partial charge in [-0.1, -0.05) is 0 Å². The molecule has 2 aromatic heterocycles. The maximum Gasteiger partial charge on any atom is 0.261 e. The van der Waals surface area contributed by atoms with Gasteiger partial charge in [-0.2, -0.15) is 5.10 Å². The fraction of sp³-hybridized carbons (Fsp3) is 0.318. The molecular formula is C22H25FN6O3. The maximum absolute atomic E-state index is 14.3. The van der Waals surface area contributed by atoms with E-state index in [9.17, 15) is 14.0 Å². The van der Waals surface area contributed by atoms with Crippen molar-refractivity contribution in [2.24, 2.45) is 7.05 Å². The highest BCUT2D eigenvalue weighted by Gasteiger charge is 2.18. The van der Waals surface area contributed by atoms with Gasteiger partial charge in [0.05, 0.1) is 25.1 Å². The van der Waals surface area contributed by atoms with E-state index >= 15 is 0 Å². The highest BCUT2D eigenvalue weighted by molar-refractivity contribution is 6.06. The van der Waals surface area contributed by atoms with E-state index in [2.05, 4.69) is 20.6 Å². The Hall–Kier alpha value is -3.50. The SMILES string of the molecule is Cn1ncc(C(=O)Nc2ccc(F)c(NC(=O)CCN3CCOCC3)c2)c1-n1cccc1. The minimum Gasteiger partial charge on any atom is -0.379 e. The smallest absolute Gasteiger partial charge is 0.261 e. The summed E-state index contributed by atoms with van der Waals surface area (Å²) in [6.45, 7) is 3.45. The average molecular weight is 440 g/mol. The summed E-state index contributed by atoms with van der Waals surface area (Å²) < 4.78 is 22.9. The molecule has 0 radical (unpaired) electrons. The Labute approximate surface area is 184 Å². The number of hydrogen-bond donors (Lipinski definition) is 2. The predicted octanol–water partition coefficient (Wildman–Crippen LogP) is 2.26. The maximum atomic E-state index is 14.3. The van der Waals surface area contributed by atoms with Crippen molar-refractivity contribution in [3.05, 3.63) is 60.3 Å². The van der Waals surface area contributed by atoms with Gasteiger partial charge in [0.25, 0.3) is 5.91 Å². The number of ether oxygens (including phenoxy) is 1. The number of aryl methyl sites for hydroxylation is 1. The fourth-order valence-corrected chi connectivity index (χ4v) is 3.57. The molecule has 3 heterocycles. The third-order valence-electron chi connectivity index (χ3n) is 5.26. The lowest BCUT2D eigenvalue weighted by Gasteiger charge is -2.26. The second-order valence-corrected chi connectivity index (χ2v) is 7.50. The van der Waals surface area contributed by atoms with Crippen molar-refractivity contribution in [1.82, 2.24) is 19.2 Å². The van der Waals surface area contributed by atoms with Gasteiger partial charge in [0, 0.05) is 51.2 Å². The standard InChI is InChI=1S/C22H25FN6O3/c1-27-22(29-7-2-3-8-29)17(15-24-27)21(31)25-16-4-5-18(23)19(14-16)26-20(30)6-9-28-10-12-32-13-11-28/h2-5,7-8,14-15H,6,9-13H2,1H3,(H,25,31)(H,26,30). The Morgan fingerprint density at radius 1 is 1.16 bits per heavy atom. The third-order valence-corrected chi connectivity index (χ3v) is 5.26. The molecule has 1 saturated heterocycles. The fourth-order valence-electron chi connectivity index (χ4n) is 3.57. The lowest BCUT2D eigenvalue weighted by molar-refractivity contribution is -0.116. The molecule has 1 aliphatic rings. The Balaban J connectivity index is 1.42. The van der Waals surface area contributed by atoms with Crippen LogP contribution in [0.15, 0.2) is 48.9 Å². The number of anilines is 2. The largest absolute Gasteiger partial charge is 0.379 e. The molecule has 1 aromatic carbocycles. The van der Waals surface area contributed by atoms with Crippen molar-refractivity contribution >= 4 is 23.2 Å². The number of carbonyl (C=O) groups is 2. The lowest BCUT2D eigenvalue weighted by atomic mass is 10.2. The molecule has 2 amide bonds. The van der Waals surface area contributed by atoms with Crippen LogP contribution < -0.4 is 10.6 Å². The molecule has 0 aliphatic carbocycles. The molecule has 0 bridgehead atoms. The zero-order valence-corrected chi connectivity index (χ0v) is 17.8. The van der Waals surface area contributed by atoms with Gasteiger partial charge < -0.3 is 19.9 Å². The van der Waals surface area contributed by atoms with Crippen LogP contribution in [0, 0.1) is 5.82 Å². The lowest BCUT2D eigenvalue weighted by Crippen LogP contribution is -2.38. The summed E-state index contributed by atoms with van der Waals surface area (Å²) in [7, 11) is 1.74. The van der Waals surface area contributed by atoms with Crippen LogP contribution in [0.3, 0.4) is 0 Å². The summed E-state index contributed by atoms with van der Waals surface area (Å²) >= 11 is 0. The number of amides is 2. The Bertz CT molecular complexity index is 1090. The van der Waals surface area contributed by atoms with E-state index < -0.39 is 11.7 Å². The molecule has 0 atom stereocenters. The average Bonchev–Trinajstić information content (AvgIpc) is 3.45. The molecule has 3 aromatic rings. The molecule has 2 N–H and O–H groups in total. The second-order valence-electron chi connectivity index (χ2n) is 7.50. The van der Waals surface area contributed by atoms with Crippen LogP contribution >= 0.6 is 0 Å². The summed E-state index contributed by atoms with van der Waals surface area (Å²) in [4.78, 5) is 27.3. The van der Waals surface area contributed by atoms with Crippen LogP contribution in [0.25, 0.3) is 5.82 Å². The molecule has 168 valence electrons. The summed E-state index contributed by atoms with van der Waals surface area (Å²) in [5.74, 6) is -0.651. The number of nitrogens with zero attached hydrogens (tertiary/aromatic N) is 4. The van der Waals surface area contributed by atoms with E-state index in [1.165, 1.54) is 24.4 Å². The number of nitrogens with one attached hydrogen (secondary N) is 2. The number of hydrogen-bond acceptors (Lipinski definition) is 5. The Morgan fingerprint density at radius 2 is 1.91 bits per heavy atom. The number of carbonyl (C=O) groups excluding carboxylic acids is 2. The summed E-state index contributed by atoms with van der Waals surface area (Å²) in [5, 5.41) is 9.52. The number of aromatic nitrogens is 3. The zero-order chi connectivity index (χ0) is 22.5. The summed E-state index contributed by atoms with van der Waals surface area (Å²) in [6, 6.07) is 7.77. The number of halogens is 1. The molecule has 4 rings (SSSR count). The van der Waals surface area contributed by atoms with Gasteiger partial charge >= 0.3 is 0 Å². The third kappa shape index (κ3) is 5.04. The highest BCUT2D eigenvalue weighted by Crippen LogP contribution is 2.22. The highest BCUT2D eigenvalue weighted by atomic mass is 19.1. The van der Waals surface area contributed by atoms with Gasteiger partial charge in [-0.15, -0.1) is 0 Å². The van der Waals surface area contributed by atoms with E-state index in [4.69, 9.17) is 4.74 Å². The first-order valence-electron chi connectivity index (χ1n) is 10.4. The molecule has 10 heteroatoms. The van der Waals surface area contributed by atoms with Crippen molar-refractivity contribution < 1.29 is 18.7 Å². The van der Waals surface area contributed by atoms with Crippen LogP contribution in [0.2, 0.25) is 0 Å². The Morgan fingerprint density at radius 3 is 2.66 bits per heavy atom. The topological polar surface area (TPSA) is 93.4 Å². The molecule has 0 unspecified atom stereocenters. The first-order valence-corrected chi connectivity index (χ1v) is 10.4. The summed E-state index contributed by atoms with van der Waals surface area (Å²) in [5.41, 5.74) is 0.748. The van der Waals surface area contributed by atoms with Gasteiger partial charge in [0.2, 0.25) is 5.91 Å². The first-order chi connectivity index (χ1) is 15.5. The monoisotopic (exact) mass is 440 g/mol. The number of benzene rings is 1. The number of morpholine rings is 1. The van der Waals surface area contributed by atoms with Gasteiger partial charge in [0.15, 0.2) is 0 Å². The van der Waals surface area contributed by atoms with Gasteiger partial charge in [0.1, 0.15) is 17.2 Å². The Kier molecular flexibility index (Phi) is 6.62. The van der Waals surface area contributed by atoms with Crippen molar-refractivity contribution in [3.63, 3.8) is 0 Å². The minimum atomic E-state index is -0.572. The van der Waals surface area contributed by atoms with Crippen LogP contribution in [-0.2, 0) is 16.6 Å².